The highest BCUT2D eigenvalue weighted by atomic mass is 32.2. The molecule has 0 bridgehead atoms. The number of amides is 1. The van der Waals surface area contributed by atoms with Crippen molar-refractivity contribution in [2.45, 2.75) is 12.1 Å². The summed E-state index contributed by atoms with van der Waals surface area (Å²) in [5, 5.41) is 6.16. The normalized spacial score (nSPS) is 10.7. The first kappa shape index (κ1) is 15.8. The molecule has 0 saturated carbocycles. The molecular weight excluding hydrogens is 328 g/mol. The lowest BCUT2D eigenvalue weighted by molar-refractivity contribution is -0.113. The molecule has 7 heteroatoms. The summed E-state index contributed by atoms with van der Waals surface area (Å²) < 4.78 is 2.00. The molecule has 0 aliphatic rings. The Hall–Kier alpha value is -2.12. The second kappa shape index (κ2) is 6.97. The van der Waals surface area contributed by atoms with E-state index in [1.807, 2.05) is 60.4 Å². The molecule has 3 rings (SSSR count). The van der Waals surface area contributed by atoms with Gasteiger partial charge in [-0.3, -0.25) is 4.79 Å². The SMILES string of the molecule is Cc1csc(NC(=O)CSc2ncc(-c3ccccc3)n2C)n1. The Morgan fingerprint density at radius 1 is 1.35 bits per heavy atom. The average Bonchev–Trinajstić information content (AvgIpc) is 3.12. The number of carbonyl (C=O) groups is 1. The maximum Gasteiger partial charge on any atom is 0.236 e. The zero-order valence-corrected chi connectivity index (χ0v) is 14.4. The standard InChI is InChI=1S/C16H16N4OS2/c1-11-9-22-15(18-11)19-14(21)10-23-16-17-8-13(20(16)2)12-6-4-3-5-7-12/h3-9H,10H2,1-2H3,(H,18,19,21). The third-order valence-electron chi connectivity index (χ3n) is 3.21. The molecule has 1 amide bonds. The van der Waals surface area contributed by atoms with Crippen LogP contribution in [0.1, 0.15) is 5.69 Å². The first-order valence-electron chi connectivity index (χ1n) is 7.05. The van der Waals surface area contributed by atoms with Crippen molar-refractivity contribution >= 4 is 34.1 Å². The van der Waals surface area contributed by atoms with E-state index in [-0.39, 0.29) is 5.91 Å². The van der Waals surface area contributed by atoms with Crippen LogP contribution in [-0.2, 0) is 11.8 Å². The summed E-state index contributed by atoms with van der Waals surface area (Å²) in [6.45, 7) is 1.90. The van der Waals surface area contributed by atoms with Gasteiger partial charge in [0, 0.05) is 12.4 Å². The predicted molar refractivity (Wildman–Crippen MR) is 94.8 cm³/mol. The van der Waals surface area contributed by atoms with E-state index in [0.29, 0.717) is 10.9 Å². The summed E-state index contributed by atoms with van der Waals surface area (Å²) in [6, 6.07) is 10.1. The van der Waals surface area contributed by atoms with Crippen LogP contribution >= 0.6 is 23.1 Å². The van der Waals surface area contributed by atoms with Crippen molar-refractivity contribution in [3.05, 3.63) is 47.6 Å². The van der Waals surface area contributed by atoms with E-state index in [4.69, 9.17) is 0 Å². The van der Waals surface area contributed by atoms with E-state index < -0.39 is 0 Å². The topological polar surface area (TPSA) is 59.8 Å². The van der Waals surface area contributed by atoms with Gasteiger partial charge in [0.2, 0.25) is 5.91 Å². The lowest BCUT2D eigenvalue weighted by atomic mass is 10.2. The fraction of sp³-hybridized carbons (Fsp3) is 0.188. The number of hydrogen-bond acceptors (Lipinski definition) is 5. The molecule has 0 radical (unpaired) electrons. The predicted octanol–water partition coefficient (Wildman–Crippen LogP) is 3.58. The first-order valence-corrected chi connectivity index (χ1v) is 8.92. The molecule has 2 aromatic heterocycles. The Kier molecular flexibility index (Phi) is 4.78. The highest BCUT2D eigenvalue weighted by Gasteiger charge is 2.12. The van der Waals surface area contributed by atoms with Crippen molar-refractivity contribution in [3.63, 3.8) is 0 Å². The molecule has 0 fully saturated rings. The van der Waals surface area contributed by atoms with Crippen LogP contribution in [0.3, 0.4) is 0 Å². The Bertz CT molecular complexity index is 811. The minimum atomic E-state index is -0.0754. The van der Waals surface area contributed by atoms with E-state index in [1.54, 1.807) is 0 Å². The molecule has 0 atom stereocenters. The summed E-state index contributed by atoms with van der Waals surface area (Å²) in [4.78, 5) is 20.6. The van der Waals surface area contributed by atoms with E-state index in [9.17, 15) is 4.79 Å². The van der Waals surface area contributed by atoms with Crippen molar-refractivity contribution in [2.24, 2.45) is 7.05 Å². The molecule has 2 heterocycles. The molecule has 0 spiro atoms. The molecule has 0 aliphatic heterocycles. The fourth-order valence-electron chi connectivity index (χ4n) is 2.10. The Balaban J connectivity index is 1.63. The molecule has 1 aromatic carbocycles. The Labute approximate surface area is 142 Å². The van der Waals surface area contributed by atoms with Gasteiger partial charge in [0.25, 0.3) is 0 Å². The minimum Gasteiger partial charge on any atom is -0.322 e. The van der Waals surface area contributed by atoms with Crippen LogP contribution in [0.5, 0.6) is 0 Å². The number of thiazole rings is 1. The second-order valence-electron chi connectivity index (χ2n) is 4.98. The number of nitrogens with one attached hydrogen (secondary N) is 1. The zero-order valence-electron chi connectivity index (χ0n) is 12.8. The molecular formula is C16H16N4OS2. The summed E-state index contributed by atoms with van der Waals surface area (Å²) in [5.41, 5.74) is 3.05. The van der Waals surface area contributed by atoms with Crippen molar-refractivity contribution in [1.29, 1.82) is 0 Å². The number of anilines is 1. The Morgan fingerprint density at radius 2 is 2.13 bits per heavy atom. The lowest BCUT2D eigenvalue weighted by Gasteiger charge is -2.05. The molecule has 118 valence electrons. The number of hydrogen-bond donors (Lipinski definition) is 1. The van der Waals surface area contributed by atoms with E-state index in [0.717, 1.165) is 22.1 Å². The van der Waals surface area contributed by atoms with Crippen LogP contribution in [0.2, 0.25) is 0 Å². The van der Waals surface area contributed by atoms with Crippen molar-refractivity contribution in [3.8, 4) is 11.3 Å². The fourth-order valence-corrected chi connectivity index (χ4v) is 3.56. The van der Waals surface area contributed by atoms with Gasteiger partial charge in [-0.05, 0) is 12.5 Å². The summed E-state index contributed by atoms with van der Waals surface area (Å²) >= 11 is 2.84. The van der Waals surface area contributed by atoms with Crippen LogP contribution < -0.4 is 5.32 Å². The van der Waals surface area contributed by atoms with Crippen molar-refractivity contribution in [2.75, 3.05) is 11.1 Å². The van der Waals surface area contributed by atoms with E-state index in [2.05, 4.69) is 15.3 Å². The van der Waals surface area contributed by atoms with Crippen LogP contribution in [0, 0.1) is 6.92 Å². The highest BCUT2D eigenvalue weighted by molar-refractivity contribution is 7.99. The highest BCUT2D eigenvalue weighted by Crippen LogP contribution is 2.24. The second-order valence-corrected chi connectivity index (χ2v) is 6.78. The molecule has 3 aromatic rings. The van der Waals surface area contributed by atoms with Gasteiger partial charge in [-0.25, -0.2) is 9.97 Å². The number of rotatable bonds is 5. The van der Waals surface area contributed by atoms with Crippen molar-refractivity contribution in [1.82, 2.24) is 14.5 Å². The molecule has 0 unspecified atom stereocenters. The number of imidazole rings is 1. The number of aryl methyl sites for hydroxylation is 1. The van der Waals surface area contributed by atoms with Gasteiger partial charge in [0.15, 0.2) is 10.3 Å². The van der Waals surface area contributed by atoms with E-state index in [1.165, 1.54) is 23.1 Å². The third kappa shape index (κ3) is 3.80. The van der Waals surface area contributed by atoms with Gasteiger partial charge in [-0.2, -0.15) is 0 Å². The van der Waals surface area contributed by atoms with Crippen LogP contribution in [0.15, 0.2) is 47.1 Å². The third-order valence-corrected chi connectivity index (χ3v) is 5.13. The lowest BCUT2D eigenvalue weighted by Crippen LogP contribution is -2.14. The van der Waals surface area contributed by atoms with Gasteiger partial charge in [-0.15, -0.1) is 11.3 Å². The molecule has 0 aliphatic carbocycles. The minimum absolute atomic E-state index is 0.0754. The van der Waals surface area contributed by atoms with E-state index >= 15 is 0 Å². The number of benzene rings is 1. The monoisotopic (exact) mass is 344 g/mol. The number of thioether (sulfide) groups is 1. The van der Waals surface area contributed by atoms with Crippen LogP contribution in [0.4, 0.5) is 5.13 Å². The van der Waals surface area contributed by atoms with Gasteiger partial charge in [0.05, 0.1) is 23.3 Å². The van der Waals surface area contributed by atoms with Crippen LogP contribution in [-0.4, -0.2) is 26.2 Å². The quantitative estimate of drug-likeness (QED) is 0.719. The number of carbonyl (C=O) groups excluding carboxylic acids is 1. The van der Waals surface area contributed by atoms with Crippen molar-refractivity contribution < 1.29 is 4.79 Å². The van der Waals surface area contributed by atoms with Crippen LogP contribution in [0.25, 0.3) is 11.3 Å². The zero-order chi connectivity index (χ0) is 16.2. The average molecular weight is 344 g/mol. The maximum atomic E-state index is 12.0. The van der Waals surface area contributed by atoms with Gasteiger partial charge >= 0.3 is 0 Å². The maximum absolute atomic E-state index is 12.0. The summed E-state index contributed by atoms with van der Waals surface area (Å²) in [6.07, 6.45) is 1.83. The van der Waals surface area contributed by atoms with Gasteiger partial charge in [0.1, 0.15) is 0 Å². The first-order chi connectivity index (χ1) is 11.1. The number of nitrogens with zero attached hydrogens (tertiary/aromatic N) is 3. The van der Waals surface area contributed by atoms with Gasteiger partial charge < -0.3 is 9.88 Å². The molecule has 5 nitrogen and oxygen atoms in total. The summed E-state index contributed by atoms with van der Waals surface area (Å²) in [7, 11) is 1.96. The summed E-state index contributed by atoms with van der Waals surface area (Å²) in [5.74, 6) is 0.228. The molecule has 23 heavy (non-hydrogen) atoms. The largest absolute Gasteiger partial charge is 0.322 e. The van der Waals surface area contributed by atoms with Gasteiger partial charge in [-0.1, -0.05) is 42.1 Å². The number of aromatic nitrogens is 3. The molecule has 1 N–H and O–H groups in total. The smallest absolute Gasteiger partial charge is 0.236 e. The molecule has 0 saturated heterocycles. The Morgan fingerprint density at radius 3 is 2.83 bits per heavy atom.